The molecule has 1 aromatic carbocycles. The highest BCUT2D eigenvalue weighted by atomic mass is 35.5. The zero-order valence-electron chi connectivity index (χ0n) is 11.7. The van der Waals surface area contributed by atoms with Gasteiger partial charge in [0, 0.05) is 18.2 Å². The Balaban J connectivity index is 1.72. The van der Waals surface area contributed by atoms with Crippen LogP contribution in [0, 0.1) is 0 Å². The van der Waals surface area contributed by atoms with Gasteiger partial charge in [-0.15, -0.1) is 0 Å². The third kappa shape index (κ3) is 2.79. The van der Waals surface area contributed by atoms with Crippen molar-refractivity contribution >= 4 is 17.5 Å². The van der Waals surface area contributed by atoms with Crippen molar-refractivity contribution < 1.29 is 4.79 Å². The van der Waals surface area contributed by atoms with E-state index in [0.29, 0.717) is 12.1 Å². The van der Waals surface area contributed by atoms with Crippen molar-refractivity contribution in [3.63, 3.8) is 0 Å². The molecule has 1 N–H and O–H groups in total. The topological polar surface area (TPSA) is 42.0 Å². The zero-order chi connectivity index (χ0) is 14.7. The Hall–Kier alpha value is -1.87. The molecule has 4 heteroatoms. The molecule has 2 aromatic rings. The average molecular weight is 301 g/mol. The number of amides is 1. The molecular formula is C17H17ClN2O. The first-order chi connectivity index (χ1) is 10.2. The highest BCUT2D eigenvalue weighted by Crippen LogP contribution is 2.43. The van der Waals surface area contributed by atoms with Crippen LogP contribution in [-0.4, -0.2) is 17.4 Å². The van der Waals surface area contributed by atoms with Gasteiger partial charge >= 0.3 is 0 Å². The molecule has 0 aliphatic heterocycles. The molecule has 0 bridgehead atoms. The molecule has 1 aromatic heterocycles. The van der Waals surface area contributed by atoms with Gasteiger partial charge in [-0.25, -0.2) is 4.98 Å². The summed E-state index contributed by atoms with van der Waals surface area (Å²) < 4.78 is 0. The van der Waals surface area contributed by atoms with Crippen LogP contribution in [-0.2, 0) is 5.41 Å². The minimum absolute atomic E-state index is 0.0750. The van der Waals surface area contributed by atoms with Gasteiger partial charge in [0.25, 0.3) is 5.91 Å². The maximum atomic E-state index is 12.2. The molecule has 0 radical (unpaired) electrons. The number of carbonyl (C=O) groups is 1. The Kier molecular flexibility index (Phi) is 3.93. The molecule has 0 saturated heterocycles. The van der Waals surface area contributed by atoms with E-state index in [2.05, 4.69) is 34.6 Å². The van der Waals surface area contributed by atoms with Crippen LogP contribution in [0.3, 0.4) is 0 Å². The smallest absolute Gasteiger partial charge is 0.254 e. The Bertz CT molecular complexity index is 638. The molecule has 1 aliphatic carbocycles. The van der Waals surface area contributed by atoms with Gasteiger partial charge in [0.2, 0.25) is 0 Å². The summed E-state index contributed by atoms with van der Waals surface area (Å²) in [6.07, 6.45) is 5.01. The fourth-order valence-electron chi connectivity index (χ4n) is 2.86. The van der Waals surface area contributed by atoms with E-state index in [1.807, 2.05) is 6.07 Å². The van der Waals surface area contributed by atoms with Gasteiger partial charge in [-0.05, 0) is 30.5 Å². The molecule has 21 heavy (non-hydrogen) atoms. The fourth-order valence-corrected chi connectivity index (χ4v) is 3.07. The first kappa shape index (κ1) is 14.1. The van der Waals surface area contributed by atoms with Crippen LogP contribution in [0.5, 0.6) is 0 Å². The van der Waals surface area contributed by atoms with E-state index in [0.717, 1.165) is 12.8 Å². The van der Waals surface area contributed by atoms with Crippen LogP contribution in [0.4, 0.5) is 0 Å². The summed E-state index contributed by atoms with van der Waals surface area (Å²) in [5, 5.41) is 3.27. The van der Waals surface area contributed by atoms with Crippen LogP contribution in [0.25, 0.3) is 0 Å². The second kappa shape index (κ2) is 5.86. The molecule has 0 spiro atoms. The molecular weight excluding hydrogens is 284 g/mol. The van der Waals surface area contributed by atoms with E-state index in [4.69, 9.17) is 11.6 Å². The number of nitrogens with one attached hydrogen (secondary N) is 1. The first-order valence-corrected chi connectivity index (χ1v) is 7.53. The monoisotopic (exact) mass is 300 g/mol. The van der Waals surface area contributed by atoms with E-state index in [1.54, 1.807) is 18.3 Å². The first-order valence-electron chi connectivity index (χ1n) is 7.16. The Morgan fingerprint density at radius 1 is 1.19 bits per heavy atom. The van der Waals surface area contributed by atoms with Gasteiger partial charge in [0.05, 0.1) is 5.56 Å². The van der Waals surface area contributed by atoms with Crippen molar-refractivity contribution in [1.82, 2.24) is 10.3 Å². The normalized spacial score (nSPS) is 16.0. The Morgan fingerprint density at radius 2 is 1.95 bits per heavy atom. The summed E-state index contributed by atoms with van der Waals surface area (Å²) in [5.41, 5.74) is 1.81. The van der Waals surface area contributed by atoms with E-state index in [-0.39, 0.29) is 16.5 Å². The number of pyridine rings is 1. The molecule has 1 aliphatic rings. The molecule has 1 amide bonds. The number of hydrogen-bond donors (Lipinski definition) is 1. The molecule has 108 valence electrons. The van der Waals surface area contributed by atoms with E-state index in [1.165, 1.54) is 12.0 Å². The lowest BCUT2D eigenvalue weighted by Gasteiger charge is -2.42. The van der Waals surface area contributed by atoms with Crippen LogP contribution in [0.2, 0.25) is 5.15 Å². The quantitative estimate of drug-likeness (QED) is 0.877. The summed E-state index contributed by atoms with van der Waals surface area (Å²) in [6.45, 7) is 0.640. The van der Waals surface area contributed by atoms with Crippen LogP contribution in [0.1, 0.15) is 35.2 Å². The lowest BCUT2D eigenvalue weighted by atomic mass is 9.64. The number of hydrogen-bond acceptors (Lipinski definition) is 2. The number of rotatable bonds is 4. The van der Waals surface area contributed by atoms with Crippen LogP contribution >= 0.6 is 11.6 Å². The van der Waals surface area contributed by atoms with Crippen LogP contribution in [0.15, 0.2) is 48.7 Å². The molecule has 3 rings (SSSR count). The summed E-state index contributed by atoms with van der Waals surface area (Å²) in [4.78, 5) is 16.2. The minimum Gasteiger partial charge on any atom is -0.351 e. The van der Waals surface area contributed by atoms with Gasteiger partial charge in [-0.1, -0.05) is 48.4 Å². The van der Waals surface area contributed by atoms with Crippen molar-refractivity contribution in [1.29, 1.82) is 0 Å². The highest BCUT2D eigenvalue weighted by molar-refractivity contribution is 6.32. The van der Waals surface area contributed by atoms with Gasteiger partial charge in [-0.3, -0.25) is 4.79 Å². The van der Waals surface area contributed by atoms with Crippen molar-refractivity contribution in [2.45, 2.75) is 24.7 Å². The Labute approximate surface area is 129 Å². The van der Waals surface area contributed by atoms with Crippen molar-refractivity contribution in [3.05, 3.63) is 64.9 Å². The number of benzene rings is 1. The standard InChI is InChI=1S/C17H17ClN2O/c18-15-14(8-4-11-19-15)16(21)20-12-17(9-5-10-17)13-6-2-1-3-7-13/h1-4,6-8,11H,5,9-10,12H2,(H,20,21). The zero-order valence-corrected chi connectivity index (χ0v) is 12.4. The SMILES string of the molecule is O=C(NCC1(c2ccccc2)CCC1)c1cccnc1Cl. The Morgan fingerprint density at radius 3 is 2.57 bits per heavy atom. The molecule has 1 heterocycles. The number of aromatic nitrogens is 1. The lowest BCUT2D eigenvalue weighted by Crippen LogP contribution is -2.45. The fraction of sp³-hybridized carbons (Fsp3) is 0.294. The number of nitrogens with zero attached hydrogens (tertiary/aromatic N) is 1. The van der Waals surface area contributed by atoms with Gasteiger partial charge < -0.3 is 5.32 Å². The van der Waals surface area contributed by atoms with Crippen LogP contribution < -0.4 is 5.32 Å². The second-order valence-electron chi connectivity index (χ2n) is 5.52. The maximum Gasteiger partial charge on any atom is 0.254 e. The third-order valence-electron chi connectivity index (χ3n) is 4.29. The van der Waals surface area contributed by atoms with Crippen molar-refractivity contribution in [3.8, 4) is 0 Å². The number of halogens is 1. The predicted molar refractivity (Wildman–Crippen MR) is 83.6 cm³/mol. The van der Waals surface area contributed by atoms with E-state index < -0.39 is 0 Å². The van der Waals surface area contributed by atoms with Gasteiger partial charge in [0.1, 0.15) is 5.15 Å². The van der Waals surface area contributed by atoms with E-state index in [9.17, 15) is 4.79 Å². The second-order valence-corrected chi connectivity index (χ2v) is 5.88. The summed E-state index contributed by atoms with van der Waals surface area (Å²) in [6, 6.07) is 13.8. The predicted octanol–water partition coefficient (Wildman–Crippen LogP) is 3.59. The molecule has 1 fully saturated rings. The highest BCUT2D eigenvalue weighted by Gasteiger charge is 2.38. The minimum atomic E-state index is -0.157. The number of carbonyl (C=O) groups excluding carboxylic acids is 1. The maximum absolute atomic E-state index is 12.2. The molecule has 3 nitrogen and oxygen atoms in total. The van der Waals surface area contributed by atoms with E-state index >= 15 is 0 Å². The van der Waals surface area contributed by atoms with Crippen molar-refractivity contribution in [2.24, 2.45) is 0 Å². The summed E-state index contributed by atoms with van der Waals surface area (Å²) in [7, 11) is 0. The summed E-state index contributed by atoms with van der Waals surface area (Å²) in [5.74, 6) is -0.157. The van der Waals surface area contributed by atoms with Crippen molar-refractivity contribution in [2.75, 3.05) is 6.54 Å². The summed E-state index contributed by atoms with van der Waals surface area (Å²) >= 11 is 5.96. The molecule has 0 atom stereocenters. The molecule has 0 unspecified atom stereocenters. The van der Waals surface area contributed by atoms with Gasteiger partial charge in [0.15, 0.2) is 0 Å². The van der Waals surface area contributed by atoms with Gasteiger partial charge in [-0.2, -0.15) is 0 Å². The average Bonchev–Trinajstić information content (AvgIpc) is 2.47. The molecule has 1 saturated carbocycles. The third-order valence-corrected chi connectivity index (χ3v) is 4.59. The lowest BCUT2D eigenvalue weighted by molar-refractivity contribution is 0.0927. The largest absolute Gasteiger partial charge is 0.351 e.